The molecule has 0 amide bonds. The number of piperazine rings is 1. The van der Waals surface area contributed by atoms with E-state index in [1.807, 2.05) is 14.1 Å². The van der Waals surface area contributed by atoms with Gasteiger partial charge in [-0.3, -0.25) is 4.90 Å². The molecule has 1 saturated heterocycles. The van der Waals surface area contributed by atoms with Crippen molar-refractivity contribution < 1.29 is 4.92 Å². The normalized spacial score (nSPS) is 15.1. The second-order valence-corrected chi connectivity index (χ2v) is 6.20. The monoisotopic (exact) mass is 359 g/mol. The summed E-state index contributed by atoms with van der Waals surface area (Å²) in [7, 11) is 3.71. The average molecular weight is 359 g/mol. The van der Waals surface area contributed by atoms with Gasteiger partial charge >= 0.3 is 5.82 Å². The zero-order valence-corrected chi connectivity index (χ0v) is 14.7. The third-order valence-corrected chi connectivity index (χ3v) is 4.11. The predicted molar refractivity (Wildman–Crippen MR) is 96.9 cm³/mol. The summed E-state index contributed by atoms with van der Waals surface area (Å²) >= 11 is 0. The van der Waals surface area contributed by atoms with Crippen LogP contribution in [0, 0.1) is 10.1 Å². The quantitative estimate of drug-likeness (QED) is 0.581. The summed E-state index contributed by atoms with van der Waals surface area (Å²) in [5.41, 5.74) is 6.65. The molecule has 0 aromatic carbocycles. The molecular formula is C15H21N9O2. The minimum atomic E-state index is -0.496. The highest BCUT2D eigenvalue weighted by atomic mass is 16.6. The zero-order valence-electron chi connectivity index (χ0n) is 14.7. The molecule has 0 saturated carbocycles. The SMILES string of the molecule is CN(C)c1nc(N)nc(CN2CCN(c3ccc([N+](=O)[O-])nc3)CC2)n1. The van der Waals surface area contributed by atoms with Gasteiger partial charge in [0, 0.05) is 46.3 Å². The van der Waals surface area contributed by atoms with Crippen LogP contribution in [-0.4, -0.2) is 70.0 Å². The lowest BCUT2D eigenvalue weighted by Crippen LogP contribution is -2.46. The molecule has 1 aliphatic heterocycles. The van der Waals surface area contributed by atoms with Gasteiger partial charge in [-0.2, -0.15) is 15.0 Å². The maximum Gasteiger partial charge on any atom is 0.363 e. The summed E-state index contributed by atoms with van der Waals surface area (Å²) in [5, 5.41) is 10.7. The van der Waals surface area contributed by atoms with E-state index in [0.717, 1.165) is 31.9 Å². The van der Waals surface area contributed by atoms with Crippen LogP contribution in [-0.2, 0) is 6.54 Å². The number of nitrogen functional groups attached to an aromatic ring is 1. The van der Waals surface area contributed by atoms with Crippen molar-refractivity contribution in [1.82, 2.24) is 24.8 Å². The molecule has 138 valence electrons. The van der Waals surface area contributed by atoms with E-state index < -0.39 is 4.92 Å². The van der Waals surface area contributed by atoms with Gasteiger partial charge in [-0.05, 0) is 16.0 Å². The van der Waals surface area contributed by atoms with Crippen LogP contribution in [0.1, 0.15) is 5.82 Å². The number of pyridine rings is 1. The molecule has 0 spiro atoms. The Balaban J connectivity index is 1.59. The van der Waals surface area contributed by atoms with Crippen LogP contribution >= 0.6 is 0 Å². The smallest absolute Gasteiger partial charge is 0.363 e. The minimum absolute atomic E-state index is 0.142. The van der Waals surface area contributed by atoms with Crippen molar-refractivity contribution in [2.75, 3.05) is 55.8 Å². The Bertz CT molecular complexity index is 773. The van der Waals surface area contributed by atoms with Crippen LogP contribution in [0.25, 0.3) is 0 Å². The van der Waals surface area contributed by atoms with Gasteiger partial charge in [-0.1, -0.05) is 0 Å². The van der Waals surface area contributed by atoms with E-state index in [1.54, 1.807) is 17.2 Å². The van der Waals surface area contributed by atoms with E-state index in [4.69, 9.17) is 5.73 Å². The predicted octanol–water partition coefficient (Wildman–Crippen LogP) is 0.145. The van der Waals surface area contributed by atoms with Gasteiger partial charge in [0.1, 0.15) is 5.82 Å². The lowest BCUT2D eigenvalue weighted by atomic mass is 10.2. The lowest BCUT2D eigenvalue weighted by molar-refractivity contribution is -0.389. The molecule has 3 rings (SSSR count). The average Bonchev–Trinajstić information content (AvgIpc) is 2.62. The fraction of sp³-hybridized carbons (Fsp3) is 0.467. The fourth-order valence-corrected chi connectivity index (χ4v) is 2.73. The molecule has 0 aliphatic carbocycles. The van der Waals surface area contributed by atoms with Crippen molar-refractivity contribution in [1.29, 1.82) is 0 Å². The summed E-state index contributed by atoms with van der Waals surface area (Å²) in [4.78, 5) is 33.0. The van der Waals surface area contributed by atoms with Gasteiger partial charge in [0.05, 0.1) is 12.2 Å². The highest BCUT2D eigenvalue weighted by Gasteiger charge is 2.20. The van der Waals surface area contributed by atoms with Crippen molar-refractivity contribution in [2.24, 2.45) is 0 Å². The van der Waals surface area contributed by atoms with Gasteiger partial charge in [-0.25, -0.2) is 0 Å². The zero-order chi connectivity index (χ0) is 18.7. The molecule has 0 bridgehead atoms. The first-order chi connectivity index (χ1) is 12.4. The van der Waals surface area contributed by atoms with Gasteiger partial charge in [0.15, 0.2) is 6.20 Å². The molecule has 11 nitrogen and oxygen atoms in total. The molecule has 0 unspecified atom stereocenters. The number of nitrogens with two attached hydrogens (primary N) is 1. The van der Waals surface area contributed by atoms with Crippen molar-refractivity contribution in [2.45, 2.75) is 6.54 Å². The van der Waals surface area contributed by atoms with E-state index in [-0.39, 0.29) is 11.8 Å². The summed E-state index contributed by atoms with van der Waals surface area (Å²) in [6.45, 7) is 3.82. The molecule has 0 atom stereocenters. The Labute approximate surface area is 150 Å². The highest BCUT2D eigenvalue weighted by molar-refractivity contribution is 5.47. The Morgan fingerprint density at radius 2 is 1.92 bits per heavy atom. The van der Waals surface area contributed by atoms with E-state index in [2.05, 4.69) is 29.7 Å². The standard InChI is InChI=1S/C15H21N9O2/c1-21(2)15-19-12(18-14(16)20-15)10-22-5-7-23(8-6-22)11-3-4-13(17-9-11)24(25)26/h3-4,9H,5-8,10H2,1-2H3,(H2,16,18,19,20). The number of hydrogen-bond acceptors (Lipinski definition) is 10. The van der Waals surface area contributed by atoms with Crippen LogP contribution in [0.4, 0.5) is 23.4 Å². The molecular weight excluding hydrogens is 338 g/mol. The molecule has 3 heterocycles. The molecule has 11 heteroatoms. The molecule has 0 radical (unpaired) electrons. The van der Waals surface area contributed by atoms with E-state index in [0.29, 0.717) is 18.3 Å². The number of anilines is 3. The Morgan fingerprint density at radius 1 is 1.19 bits per heavy atom. The summed E-state index contributed by atoms with van der Waals surface area (Å²) < 4.78 is 0. The number of nitro groups is 1. The van der Waals surface area contributed by atoms with E-state index in [9.17, 15) is 10.1 Å². The van der Waals surface area contributed by atoms with Gasteiger partial charge in [0.2, 0.25) is 11.9 Å². The number of rotatable bonds is 5. The van der Waals surface area contributed by atoms with E-state index >= 15 is 0 Å². The van der Waals surface area contributed by atoms with Gasteiger partial charge < -0.3 is 25.6 Å². The van der Waals surface area contributed by atoms with Crippen LogP contribution < -0.4 is 15.5 Å². The largest absolute Gasteiger partial charge is 0.368 e. The van der Waals surface area contributed by atoms with Crippen molar-refractivity contribution in [3.8, 4) is 0 Å². The third-order valence-electron chi connectivity index (χ3n) is 4.11. The second kappa shape index (κ2) is 7.44. The van der Waals surface area contributed by atoms with Crippen LogP contribution in [0.15, 0.2) is 18.3 Å². The molecule has 1 aliphatic rings. The molecule has 1 fully saturated rings. The summed E-state index contributed by atoms with van der Waals surface area (Å²) in [6, 6.07) is 3.16. The third kappa shape index (κ3) is 4.11. The van der Waals surface area contributed by atoms with Crippen LogP contribution in [0.2, 0.25) is 0 Å². The Hall–Kier alpha value is -3.08. The number of hydrogen-bond donors (Lipinski definition) is 1. The first-order valence-electron chi connectivity index (χ1n) is 8.18. The first kappa shape index (κ1) is 17.7. The van der Waals surface area contributed by atoms with E-state index in [1.165, 1.54) is 6.07 Å². The number of aromatic nitrogens is 4. The molecule has 2 aromatic heterocycles. The highest BCUT2D eigenvalue weighted by Crippen LogP contribution is 2.18. The van der Waals surface area contributed by atoms with Crippen LogP contribution in [0.5, 0.6) is 0 Å². The molecule has 2 aromatic rings. The number of nitrogens with zero attached hydrogens (tertiary/aromatic N) is 8. The maximum absolute atomic E-state index is 10.7. The fourth-order valence-electron chi connectivity index (χ4n) is 2.73. The van der Waals surface area contributed by atoms with Crippen molar-refractivity contribution in [3.05, 3.63) is 34.3 Å². The lowest BCUT2D eigenvalue weighted by Gasteiger charge is -2.35. The molecule has 2 N–H and O–H groups in total. The maximum atomic E-state index is 10.7. The molecule has 26 heavy (non-hydrogen) atoms. The summed E-state index contributed by atoms with van der Waals surface area (Å²) in [6.07, 6.45) is 1.55. The second-order valence-electron chi connectivity index (χ2n) is 6.20. The minimum Gasteiger partial charge on any atom is -0.368 e. The Kier molecular flexibility index (Phi) is 5.07. The summed E-state index contributed by atoms with van der Waals surface area (Å²) in [5.74, 6) is 1.26. The Morgan fingerprint density at radius 3 is 2.50 bits per heavy atom. The first-order valence-corrected chi connectivity index (χ1v) is 8.18. The van der Waals surface area contributed by atoms with Gasteiger partial charge in [-0.15, -0.1) is 0 Å². The van der Waals surface area contributed by atoms with Crippen molar-refractivity contribution >= 4 is 23.4 Å². The van der Waals surface area contributed by atoms with Crippen LogP contribution in [0.3, 0.4) is 0 Å². The van der Waals surface area contributed by atoms with Gasteiger partial charge in [0.25, 0.3) is 0 Å². The van der Waals surface area contributed by atoms with Crippen molar-refractivity contribution in [3.63, 3.8) is 0 Å². The topological polar surface area (TPSA) is 130 Å².